The van der Waals surface area contributed by atoms with Crippen molar-refractivity contribution in [2.75, 3.05) is 19.0 Å². The number of halogens is 1. The summed E-state index contributed by atoms with van der Waals surface area (Å²) < 4.78 is 0. The molecule has 2 N–H and O–H groups in total. The van der Waals surface area contributed by atoms with Crippen molar-refractivity contribution in [2.45, 2.75) is 11.4 Å². The zero-order valence-corrected chi connectivity index (χ0v) is 13.4. The molecule has 1 amide bonds. The predicted molar refractivity (Wildman–Crippen MR) is 87.7 cm³/mol. The lowest BCUT2D eigenvalue weighted by molar-refractivity contribution is 0.0785. The Morgan fingerprint density at radius 1 is 1.38 bits per heavy atom. The number of hydrogen-bond donors (Lipinski definition) is 1. The molecule has 0 aliphatic heterocycles. The fourth-order valence-electron chi connectivity index (χ4n) is 1.90. The maximum absolute atomic E-state index is 12.4. The normalized spacial score (nSPS) is 10.4. The Bertz CT molecular complexity index is 646. The van der Waals surface area contributed by atoms with Crippen molar-refractivity contribution in [3.05, 3.63) is 52.8 Å². The number of pyridine rings is 1. The molecule has 0 spiro atoms. The summed E-state index contributed by atoms with van der Waals surface area (Å²) in [4.78, 5) is 19.1. The van der Waals surface area contributed by atoms with Crippen molar-refractivity contribution < 1.29 is 4.79 Å². The summed E-state index contributed by atoms with van der Waals surface area (Å²) in [5, 5.41) is 0.166. The first-order valence-corrected chi connectivity index (χ1v) is 7.91. The van der Waals surface area contributed by atoms with Crippen molar-refractivity contribution in [2.24, 2.45) is 0 Å². The lowest BCUT2D eigenvalue weighted by atomic mass is 10.2. The van der Waals surface area contributed by atoms with Crippen LogP contribution in [0.5, 0.6) is 0 Å². The molecule has 2 rings (SSSR count). The van der Waals surface area contributed by atoms with E-state index in [4.69, 9.17) is 17.3 Å². The van der Waals surface area contributed by atoms with Gasteiger partial charge in [-0.05, 0) is 30.0 Å². The number of thioether (sulfide) groups is 1. The van der Waals surface area contributed by atoms with Crippen LogP contribution in [0.1, 0.15) is 15.9 Å². The van der Waals surface area contributed by atoms with Crippen LogP contribution < -0.4 is 5.73 Å². The molecule has 1 heterocycles. The minimum atomic E-state index is -0.200. The first-order chi connectivity index (χ1) is 10.0. The summed E-state index contributed by atoms with van der Waals surface area (Å²) in [6.07, 6.45) is 3.46. The van der Waals surface area contributed by atoms with Gasteiger partial charge in [-0.15, -0.1) is 11.8 Å². The van der Waals surface area contributed by atoms with Gasteiger partial charge in [0.1, 0.15) is 5.15 Å². The third-order valence-corrected chi connectivity index (χ3v) is 4.06. The predicted octanol–water partition coefficient (Wildman–Crippen LogP) is 3.31. The molecule has 4 nitrogen and oxygen atoms in total. The Morgan fingerprint density at radius 2 is 2.05 bits per heavy atom. The number of nitrogens with zero attached hydrogens (tertiary/aromatic N) is 2. The van der Waals surface area contributed by atoms with E-state index >= 15 is 0 Å². The zero-order chi connectivity index (χ0) is 15.4. The number of nitrogen functional groups attached to an aromatic ring is 1. The van der Waals surface area contributed by atoms with Gasteiger partial charge in [-0.25, -0.2) is 4.98 Å². The third kappa shape index (κ3) is 3.89. The fourth-order valence-corrected chi connectivity index (χ4v) is 2.49. The van der Waals surface area contributed by atoms with Crippen LogP contribution in [0.3, 0.4) is 0 Å². The van der Waals surface area contributed by atoms with Crippen molar-refractivity contribution >= 4 is 35.0 Å². The number of carbonyl (C=O) groups excluding carboxylic acids is 1. The Labute approximate surface area is 133 Å². The molecular weight excluding hydrogens is 306 g/mol. The molecular formula is C15H16ClN3OS. The van der Waals surface area contributed by atoms with Gasteiger partial charge in [-0.1, -0.05) is 23.7 Å². The van der Waals surface area contributed by atoms with Crippen LogP contribution >= 0.6 is 23.4 Å². The molecule has 21 heavy (non-hydrogen) atoms. The summed E-state index contributed by atoms with van der Waals surface area (Å²) in [6.45, 7) is 0.499. The van der Waals surface area contributed by atoms with Gasteiger partial charge in [0, 0.05) is 18.5 Å². The Kier molecular flexibility index (Phi) is 5.09. The van der Waals surface area contributed by atoms with E-state index in [1.807, 2.05) is 30.5 Å². The average Bonchev–Trinajstić information content (AvgIpc) is 2.49. The number of amides is 1. The van der Waals surface area contributed by atoms with Crippen molar-refractivity contribution in [1.29, 1.82) is 0 Å². The average molecular weight is 322 g/mol. The number of aromatic nitrogens is 1. The number of hydrogen-bond acceptors (Lipinski definition) is 4. The minimum Gasteiger partial charge on any atom is -0.397 e. The van der Waals surface area contributed by atoms with E-state index in [1.54, 1.807) is 29.8 Å². The highest BCUT2D eigenvalue weighted by Gasteiger charge is 2.16. The van der Waals surface area contributed by atoms with Gasteiger partial charge in [-0.2, -0.15) is 0 Å². The first-order valence-electron chi connectivity index (χ1n) is 6.30. The standard InChI is InChI=1S/C15H16ClN3OS/c1-19(9-10-3-5-12(21-2)6-4-10)15(20)13-7-11(17)8-18-14(13)16/h3-8H,9,17H2,1-2H3. The Hall–Kier alpha value is -1.72. The van der Waals surface area contributed by atoms with E-state index in [0.29, 0.717) is 17.8 Å². The van der Waals surface area contributed by atoms with E-state index in [1.165, 1.54) is 11.1 Å². The second-order valence-electron chi connectivity index (χ2n) is 4.62. The second kappa shape index (κ2) is 6.83. The van der Waals surface area contributed by atoms with E-state index in [-0.39, 0.29) is 11.1 Å². The lowest BCUT2D eigenvalue weighted by Crippen LogP contribution is -2.26. The summed E-state index contributed by atoms with van der Waals surface area (Å²) >= 11 is 7.64. The number of rotatable bonds is 4. The molecule has 0 aliphatic carbocycles. The monoisotopic (exact) mass is 321 g/mol. The molecule has 0 fully saturated rings. The van der Waals surface area contributed by atoms with Crippen molar-refractivity contribution in [1.82, 2.24) is 9.88 Å². The smallest absolute Gasteiger partial charge is 0.257 e. The molecule has 1 aromatic heterocycles. The molecule has 0 unspecified atom stereocenters. The van der Waals surface area contributed by atoms with Gasteiger partial charge < -0.3 is 10.6 Å². The highest BCUT2D eigenvalue weighted by molar-refractivity contribution is 7.98. The molecule has 110 valence electrons. The second-order valence-corrected chi connectivity index (χ2v) is 5.85. The van der Waals surface area contributed by atoms with Crippen LogP contribution in [0.4, 0.5) is 5.69 Å². The van der Waals surface area contributed by atoms with Crippen LogP contribution in [0.15, 0.2) is 41.4 Å². The van der Waals surface area contributed by atoms with Gasteiger partial charge in [0.05, 0.1) is 17.4 Å². The van der Waals surface area contributed by atoms with Gasteiger partial charge in [-0.3, -0.25) is 4.79 Å². The number of anilines is 1. The molecule has 6 heteroatoms. The molecule has 0 aliphatic rings. The largest absolute Gasteiger partial charge is 0.397 e. The number of nitrogens with two attached hydrogens (primary N) is 1. The van der Waals surface area contributed by atoms with Crippen LogP contribution in [0.25, 0.3) is 0 Å². The van der Waals surface area contributed by atoms with Crippen molar-refractivity contribution in [3.8, 4) is 0 Å². The highest BCUT2D eigenvalue weighted by atomic mass is 35.5. The summed E-state index contributed by atoms with van der Waals surface area (Å²) in [6, 6.07) is 9.63. The Balaban J connectivity index is 2.13. The summed E-state index contributed by atoms with van der Waals surface area (Å²) in [5.74, 6) is -0.200. The van der Waals surface area contributed by atoms with Crippen LogP contribution in [-0.2, 0) is 6.54 Å². The molecule has 0 bridgehead atoms. The maximum atomic E-state index is 12.4. The molecule has 0 atom stereocenters. The van der Waals surface area contributed by atoms with Gasteiger partial charge in [0.25, 0.3) is 5.91 Å². The lowest BCUT2D eigenvalue weighted by Gasteiger charge is -2.18. The van der Waals surface area contributed by atoms with Crippen LogP contribution in [-0.4, -0.2) is 29.1 Å². The molecule has 0 radical (unpaired) electrons. The first kappa shape index (κ1) is 15.7. The van der Waals surface area contributed by atoms with E-state index in [9.17, 15) is 4.79 Å². The molecule has 0 saturated carbocycles. The van der Waals surface area contributed by atoms with Crippen LogP contribution in [0, 0.1) is 0 Å². The topological polar surface area (TPSA) is 59.2 Å². The fraction of sp³-hybridized carbons (Fsp3) is 0.200. The Morgan fingerprint density at radius 3 is 2.67 bits per heavy atom. The SMILES string of the molecule is CSc1ccc(CN(C)C(=O)c2cc(N)cnc2Cl)cc1. The van der Waals surface area contributed by atoms with Crippen molar-refractivity contribution in [3.63, 3.8) is 0 Å². The van der Waals surface area contributed by atoms with Crippen LogP contribution in [0.2, 0.25) is 5.15 Å². The van der Waals surface area contributed by atoms with Gasteiger partial charge in [0.2, 0.25) is 0 Å². The highest BCUT2D eigenvalue weighted by Crippen LogP contribution is 2.19. The van der Waals surface area contributed by atoms with E-state index < -0.39 is 0 Å². The number of carbonyl (C=O) groups is 1. The molecule has 2 aromatic rings. The maximum Gasteiger partial charge on any atom is 0.257 e. The van der Waals surface area contributed by atoms with E-state index in [0.717, 1.165) is 5.56 Å². The zero-order valence-electron chi connectivity index (χ0n) is 11.8. The van der Waals surface area contributed by atoms with Gasteiger partial charge in [0.15, 0.2) is 0 Å². The number of benzene rings is 1. The van der Waals surface area contributed by atoms with E-state index in [2.05, 4.69) is 4.98 Å². The minimum absolute atomic E-state index is 0.166. The van der Waals surface area contributed by atoms with Gasteiger partial charge >= 0.3 is 0 Å². The molecule has 0 saturated heterocycles. The third-order valence-electron chi connectivity index (χ3n) is 3.02. The summed E-state index contributed by atoms with van der Waals surface area (Å²) in [5.41, 5.74) is 7.44. The molecule has 1 aromatic carbocycles. The quantitative estimate of drug-likeness (QED) is 0.693. The summed E-state index contributed by atoms with van der Waals surface area (Å²) in [7, 11) is 1.73.